The summed E-state index contributed by atoms with van der Waals surface area (Å²) in [5.74, 6) is 1.41. The Labute approximate surface area is 138 Å². The molecule has 0 spiro atoms. The molecule has 124 valence electrons. The molecule has 1 saturated carbocycles. The van der Waals surface area contributed by atoms with E-state index in [1.54, 1.807) is 0 Å². The number of nitrogens with zero attached hydrogens (tertiary/aromatic N) is 2. The summed E-state index contributed by atoms with van der Waals surface area (Å²) in [7, 11) is 0. The maximum absolute atomic E-state index is 11.6. The van der Waals surface area contributed by atoms with Gasteiger partial charge in [-0.1, -0.05) is 24.3 Å². The molecule has 0 unspecified atom stereocenters. The van der Waals surface area contributed by atoms with E-state index in [9.17, 15) is 4.79 Å². The fraction of sp³-hybridized carbons (Fsp3) is 0.556. The van der Waals surface area contributed by atoms with Crippen molar-refractivity contribution in [2.24, 2.45) is 10.9 Å². The number of aliphatic imine (C=N–C) groups is 1. The molecule has 5 heteroatoms. The van der Waals surface area contributed by atoms with Crippen LogP contribution >= 0.6 is 0 Å². The first-order chi connectivity index (χ1) is 11.3. The Morgan fingerprint density at radius 1 is 1.26 bits per heavy atom. The van der Waals surface area contributed by atoms with Crippen molar-refractivity contribution >= 4 is 11.9 Å². The highest BCUT2D eigenvalue weighted by Crippen LogP contribution is 2.28. The molecular formula is C18H26N4O. The van der Waals surface area contributed by atoms with Gasteiger partial charge in [0.15, 0.2) is 5.96 Å². The molecular weight excluding hydrogens is 288 g/mol. The molecule has 5 nitrogen and oxygen atoms in total. The van der Waals surface area contributed by atoms with Crippen molar-refractivity contribution in [2.75, 3.05) is 26.2 Å². The van der Waals surface area contributed by atoms with Crippen molar-refractivity contribution in [1.82, 2.24) is 15.5 Å². The van der Waals surface area contributed by atoms with E-state index in [0.717, 1.165) is 44.9 Å². The maximum atomic E-state index is 11.6. The molecule has 2 N–H and O–H groups in total. The number of fused-ring (bicyclic) bond motifs is 1. The third-order valence-corrected chi connectivity index (χ3v) is 4.39. The summed E-state index contributed by atoms with van der Waals surface area (Å²) in [6.45, 7) is 6.06. The molecule has 1 fully saturated rings. The van der Waals surface area contributed by atoms with E-state index in [0.29, 0.717) is 13.1 Å². The second-order valence-corrected chi connectivity index (χ2v) is 6.24. The van der Waals surface area contributed by atoms with Crippen LogP contribution in [0.25, 0.3) is 0 Å². The number of hydrogen-bond donors (Lipinski definition) is 2. The molecule has 0 bridgehead atoms. The van der Waals surface area contributed by atoms with E-state index in [4.69, 9.17) is 0 Å². The topological polar surface area (TPSA) is 56.7 Å². The Morgan fingerprint density at radius 2 is 2.04 bits per heavy atom. The van der Waals surface area contributed by atoms with Crippen molar-refractivity contribution in [3.8, 4) is 0 Å². The van der Waals surface area contributed by atoms with E-state index in [1.807, 2.05) is 0 Å². The summed E-state index contributed by atoms with van der Waals surface area (Å²) in [5.41, 5.74) is 2.82. The number of guanidine groups is 1. The highest BCUT2D eigenvalue weighted by molar-refractivity contribution is 5.81. The Balaban J connectivity index is 1.55. The van der Waals surface area contributed by atoms with Gasteiger partial charge < -0.3 is 15.5 Å². The van der Waals surface area contributed by atoms with E-state index >= 15 is 0 Å². The highest BCUT2D eigenvalue weighted by Gasteiger charge is 2.29. The van der Waals surface area contributed by atoms with E-state index in [-0.39, 0.29) is 11.8 Å². The number of carbonyl (C=O) groups excluding carboxylic acids is 1. The first kappa shape index (κ1) is 15.8. The molecule has 1 heterocycles. The van der Waals surface area contributed by atoms with Crippen molar-refractivity contribution in [2.45, 2.75) is 32.7 Å². The van der Waals surface area contributed by atoms with Gasteiger partial charge in [-0.2, -0.15) is 0 Å². The molecule has 0 saturated heterocycles. The number of rotatable bonds is 5. The van der Waals surface area contributed by atoms with Gasteiger partial charge in [-0.15, -0.1) is 0 Å². The Bertz CT molecular complexity index is 580. The van der Waals surface area contributed by atoms with Crippen LogP contribution in [0.4, 0.5) is 0 Å². The monoisotopic (exact) mass is 314 g/mol. The van der Waals surface area contributed by atoms with Crippen LogP contribution in [0.5, 0.6) is 0 Å². The van der Waals surface area contributed by atoms with Crippen molar-refractivity contribution in [3.63, 3.8) is 0 Å². The van der Waals surface area contributed by atoms with Crippen molar-refractivity contribution < 1.29 is 4.79 Å². The standard InChI is InChI=1S/C18H26N4O/c1-2-19-18(21-11-10-20-17(23)15-7-8-15)22-12-9-14-5-3-4-6-16(14)13-22/h3-6,15H,2,7-13H2,1H3,(H,19,21)(H,20,23). The molecule has 1 aromatic rings. The molecule has 2 aliphatic rings. The summed E-state index contributed by atoms with van der Waals surface area (Å²) in [4.78, 5) is 18.6. The smallest absolute Gasteiger partial charge is 0.223 e. The van der Waals surface area contributed by atoms with Crippen LogP contribution in [0.1, 0.15) is 30.9 Å². The Morgan fingerprint density at radius 3 is 2.78 bits per heavy atom. The first-order valence-electron chi connectivity index (χ1n) is 8.65. The number of carbonyl (C=O) groups is 1. The third-order valence-electron chi connectivity index (χ3n) is 4.39. The second-order valence-electron chi connectivity index (χ2n) is 6.24. The molecule has 0 radical (unpaired) electrons. The largest absolute Gasteiger partial charge is 0.357 e. The third kappa shape index (κ3) is 4.24. The molecule has 0 atom stereocenters. The minimum absolute atomic E-state index is 0.192. The van der Waals surface area contributed by atoms with Gasteiger partial charge in [0, 0.05) is 32.1 Å². The van der Waals surface area contributed by atoms with Gasteiger partial charge >= 0.3 is 0 Å². The molecule has 1 aromatic carbocycles. The quantitative estimate of drug-likeness (QED) is 0.492. The van der Waals surface area contributed by atoms with Crippen LogP contribution in [0, 0.1) is 5.92 Å². The fourth-order valence-electron chi connectivity index (χ4n) is 2.93. The number of amides is 1. The zero-order chi connectivity index (χ0) is 16.1. The van der Waals surface area contributed by atoms with Crippen molar-refractivity contribution in [3.05, 3.63) is 35.4 Å². The molecule has 23 heavy (non-hydrogen) atoms. The number of nitrogens with one attached hydrogen (secondary N) is 2. The Kier molecular flexibility index (Phi) is 5.16. The van der Waals surface area contributed by atoms with Gasteiger partial charge in [0.05, 0.1) is 6.54 Å². The van der Waals surface area contributed by atoms with Gasteiger partial charge in [0.25, 0.3) is 0 Å². The van der Waals surface area contributed by atoms with Gasteiger partial charge in [-0.25, -0.2) is 0 Å². The van der Waals surface area contributed by atoms with E-state index < -0.39 is 0 Å². The second kappa shape index (κ2) is 7.49. The summed E-state index contributed by atoms with van der Waals surface area (Å²) < 4.78 is 0. The van der Waals surface area contributed by atoms with Gasteiger partial charge in [0.2, 0.25) is 5.91 Å². The first-order valence-corrected chi connectivity index (χ1v) is 8.65. The number of benzene rings is 1. The minimum atomic E-state index is 0.192. The van der Waals surface area contributed by atoms with Gasteiger partial charge in [0.1, 0.15) is 0 Å². The van der Waals surface area contributed by atoms with E-state index in [2.05, 4.69) is 51.7 Å². The minimum Gasteiger partial charge on any atom is -0.357 e. The zero-order valence-electron chi connectivity index (χ0n) is 13.8. The molecule has 3 rings (SSSR count). The summed E-state index contributed by atoms with van der Waals surface area (Å²) in [6, 6.07) is 8.61. The normalized spacial score (nSPS) is 17.6. The summed E-state index contributed by atoms with van der Waals surface area (Å²) in [5, 5.41) is 6.34. The van der Waals surface area contributed by atoms with Crippen LogP contribution in [0.15, 0.2) is 29.3 Å². The Hall–Kier alpha value is -2.04. The predicted octanol–water partition coefficient (Wildman–Crippen LogP) is 1.54. The maximum Gasteiger partial charge on any atom is 0.223 e. The lowest BCUT2D eigenvalue weighted by molar-refractivity contribution is -0.122. The SMILES string of the molecule is CCNC(=NCCNC(=O)C1CC1)N1CCc2ccccc2C1. The number of hydrogen-bond acceptors (Lipinski definition) is 2. The van der Waals surface area contributed by atoms with Crippen LogP contribution in [0.3, 0.4) is 0 Å². The van der Waals surface area contributed by atoms with Crippen LogP contribution in [-0.4, -0.2) is 42.9 Å². The summed E-state index contributed by atoms with van der Waals surface area (Å²) in [6.07, 6.45) is 3.15. The van der Waals surface area contributed by atoms with Gasteiger partial charge in [-0.3, -0.25) is 9.79 Å². The lowest BCUT2D eigenvalue weighted by Crippen LogP contribution is -2.44. The molecule has 1 aliphatic heterocycles. The van der Waals surface area contributed by atoms with E-state index in [1.165, 1.54) is 11.1 Å². The van der Waals surface area contributed by atoms with Gasteiger partial charge in [-0.05, 0) is 37.3 Å². The fourth-order valence-corrected chi connectivity index (χ4v) is 2.93. The lowest BCUT2D eigenvalue weighted by atomic mass is 10.0. The average Bonchev–Trinajstić information content (AvgIpc) is 3.42. The summed E-state index contributed by atoms with van der Waals surface area (Å²) >= 11 is 0. The molecule has 1 amide bonds. The average molecular weight is 314 g/mol. The van der Waals surface area contributed by atoms with Crippen LogP contribution in [-0.2, 0) is 17.8 Å². The molecule has 1 aliphatic carbocycles. The molecule has 0 aromatic heterocycles. The lowest BCUT2D eigenvalue weighted by Gasteiger charge is -2.31. The highest BCUT2D eigenvalue weighted by atomic mass is 16.2. The van der Waals surface area contributed by atoms with Crippen LogP contribution in [0.2, 0.25) is 0 Å². The van der Waals surface area contributed by atoms with Crippen LogP contribution < -0.4 is 10.6 Å². The van der Waals surface area contributed by atoms with Crippen molar-refractivity contribution in [1.29, 1.82) is 0 Å². The predicted molar refractivity (Wildman–Crippen MR) is 92.3 cm³/mol. The zero-order valence-corrected chi connectivity index (χ0v) is 13.8.